The van der Waals surface area contributed by atoms with Crippen molar-refractivity contribution in [3.63, 3.8) is 0 Å². The zero-order valence-electron chi connectivity index (χ0n) is 14.7. The zero-order valence-corrected chi connectivity index (χ0v) is 14.7. The third-order valence-electron chi connectivity index (χ3n) is 4.18. The summed E-state index contributed by atoms with van der Waals surface area (Å²) in [6.07, 6.45) is 2.71. The van der Waals surface area contributed by atoms with Crippen LogP contribution in [0.1, 0.15) is 37.5 Å². The molecule has 134 valence electrons. The van der Waals surface area contributed by atoms with Crippen molar-refractivity contribution in [1.82, 2.24) is 0 Å². The predicted octanol–water partition coefficient (Wildman–Crippen LogP) is 3.96. The van der Waals surface area contributed by atoms with Gasteiger partial charge in [-0.25, -0.2) is 0 Å². The Morgan fingerprint density at radius 3 is 2.92 bits per heavy atom. The van der Waals surface area contributed by atoms with Crippen LogP contribution in [0.5, 0.6) is 0 Å². The summed E-state index contributed by atoms with van der Waals surface area (Å²) in [5, 5.41) is 2.99. The zero-order chi connectivity index (χ0) is 17.6. The Kier molecular flexibility index (Phi) is 5.89. The molecular formula is C20H25NO4. The summed E-state index contributed by atoms with van der Waals surface area (Å²) in [6.45, 7) is 5.65. The fraction of sp³-hybridized carbons (Fsp3) is 0.450. The molecule has 0 saturated heterocycles. The molecule has 2 unspecified atom stereocenters. The normalized spacial score (nSPS) is 19.2. The molecule has 1 heterocycles. The number of furan rings is 1. The number of hydrogen-bond acceptors (Lipinski definition) is 4. The summed E-state index contributed by atoms with van der Waals surface area (Å²) in [4.78, 5) is 12.4. The van der Waals surface area contributed by atoms with Crippen LogP contribution in [0.3, 0.4) is 0 Å². The maximum Gasteiger partial charge on any atom is 0.228 e. The summed E-state index contributed by atoms with van der Waals surface area (Å²) in [6, 6.07) is 11.5. The van der Waals surface area contributed by atoms with E-state index >= 15 is 0 Å². The van der Waals surface area contributed by atoms with Crippen LogP contribution in [0.4, 0.5) is 5.69 Å². The minimum absolute atomic E-state index is 0.000705. The first kappa shape index (κ1) is 17.7. The molecule has 2 aromatic rings. The van der Waals surface area contributed by atoms with Gasteiger partial charge < -0.3 is 19.2 Å². The molecule has 3 rings (SSSR count). The van der Waals surface area contributed by atoms with E-state index in [1.165, 1.54) is 0 Å². The van der Waals surface area contributed by atoms with Crippen molar-refractivity contribution in [3.8, 4) is 0 Å². The first-order chi connectivity index (χ1) is 12.1. The van der Waals surface area contributed by atoms with E-state index in [0.717, 1.165) is 23.4 Å². The Hall–Kier alpha value is -2.11. The van der Waals surface area contributed by atoms with Gasteiger partial charge in [0.1, 0.15) is 5.76 Å². The van der Waals surface area contributed by atoms with E-state index in [-0.39, 0.29) is 23.8 Å². The number of carbonyl (C=O) groups is 1. The Balaban J connectivity index is 1.44. The molecule has 1 aliphatic rings. The minimum atomic E-state index is -0.000705. The van der Waals surface area contributed by atoms with Gasteiger partial charge in [0, 0.05) is 17.5 Å². The third-order valence-corrected chi connectivity index (χ3v) is 4.18. The van der Waals surface area contributed by atoms with Crippen molar-refractivity contribution in [2.45, 2.75) is 38.9 Å². The first-order valence-corrected chi connectivity index (χ1v) is 8.76. The van der Waals surface area contributed by atoms with Crippen molar-refractivity contribution in [2.24, 2.45) is 5.92 Å². The molecule has 1 amide bonds. The molecule has 1 fully saturated rings. The minimum Gasteiger partial charge on any atom is -0.469 e. The van der Waals surface area contributed by atoms with Crippen molar-refractivity contribution >= 4 is 11.6 Å². The maximum atomic E-state index is 12.4. The molecule has 0 aliphatic heterocycles. The highest BCUT2D eigenvalue weighted by atomic mass is 16.5. The summed E-state index contributed by atoms with van der Waals surface area (Å²) >= 11 is 0. The largest absolute Gasteiger partial charge is 0.469 e. The molecule has 0 radical (unpaired) electrons. The highest BCUT2D eigenvalue weighted by molar-refractivity contribution is 5.95. The van der Waals surface area contributed by atoms with E-state index in [2.05, 4.69) is 5.32 Å². The number of amides is 1. The molecule has 1 aliphatic carbocycles. The van der Waals surface area contributed by atoms with Gasteiger partial charge in [0.25, 0.3) is 0 Å². The van der Waals surface area contributed by atoms with Crippen LogP contribution in [0.2, 0.25) is 0 Å². The predicted molar refractivity (Wildman–Crippen MR) is 95.4 cm³/mol. The summed E-state index contributed by atoms with van der Waals surface area (Å²) in [7, 11) is 0. The molecule has 1 aromatic heterocycles. The number of ether oxygens (including phenoxy) is 2. The lowest BCUT2D eigenvalue weighted by Gasteiger charge is -2.09. The molecule has 0 bridgehead atoms. The van der Waals surface area contributed by atoms with Crippen molar-refractivity contribution < 1.29 is 18.7 Å². The molecule has 5 heteroatoms. The number of anilines is 1. The lowest BCUT2D eigenvalue weighted by Crippen LogP contribution is -2.14. The van der Waals surface area contributed by atoms with E-state index in [0.29, 0.717) is 19.8 Å². The molecule has 25 heavy (non-hydrogen) atoms. The number of carbonyl (C=O) groups excluding carboxylic acids is 1. The lowest BCUT2D eigenvalue weighted by atomic mass is 10.2. The van der Waals surface area contributed by atoms with Crippen molar-refractivity contribution in [3.05, 3.63) is 54.0 Å². The average molecular weight is 343 g/mol. The van der Waals surface area contributed by atoms with Crippen LogP contribution >= 0.6 is 0 Å². The Morgan fingerprint density at radius 1 is 1.28 bits per heavy atom. The number of hydrogen-bond donors (Lipinski definition) is 1. The quantitative estimate of drug-likeness (QED) is 0.700. The van der Waals surface area contributed by atoms with Crippen molar-refractivity contribution in [2.75, 3.05) is 18.5 Å². The molecule has 1 saturated carbocycles. The molecule has 1 N–H and O–H groups in total. The fourth-order valence-corrected chi connectivity index (χ4v) is 2.81. The number of benzene rings is 1. The van der Waals surface area contributed by atoms with Crippen LogP contribution in [0.15, 0.2) is 47.1 Å². The van der Waals surface area contributed by atoms with Crippen LogP contribution in [0.25, 0.3) is 0 Å². The van der Waals surface area contributed by atoms with Gasteiger partial charge in [-0.05, 0) is 50.1 Å². The standard InChI is InChI=1S/C20H25NO4/c1-14(2)24-10-9-23-13-15-5-3-6-16(11-15)21-20(22)18-12-17(18)19-7-4-8-25-19/h3-8,11,14,17-18H,9-10,12-13H2,1-2H3,(H,21,22). The van der Waals surface area contributed by atoms with E-state index in [1.807, 2.05) is 50.2 Å². The van der Waals surface area contributed by atoms with E-state index in [9.17, 15) is 4.79 Å². The van der Waals surface area contributed by atoms with E-state index in [4.69, 9.17) is 13.9 Å². The molecular weight excluding hydrogens is 318 g/mol. The smallest absolute Gasteiger partial charge is 0.228 e. The van der Waals surface area contributed by atoms with Crippen LogP contribution in [0, 0.1) is 5.92 Å². The van der Waals surface area contributed by atoms with Crippen molar-refractivity contribution in [1.29, 1.82) is 0 Å². The van der Waals surface area contributed by atoms with Gasteiger partial charge in [0.05, 0.1) is 32.2 Å². The monoisotopic (exact) mass is 343 g/mol. The number of rotatable bonds is 9. The second-order valence-electron chi connectivity index (χ2n) is 6.63. The Labute approximate surface area is 148 Å². The first-order valence-electron chi connectivity index (χ1n) is 8.76. The molecule has 0 spiro atoms. The van der Waals surface area contributed by atoms with Gasteiger partial charge in [-0.15, -0.1) is 0 Å². The Morgan fingerprint density at radius 2 is 2.16 bits per heavy atom. The van der Waals surface area contributed by atoms with Gasteiger partial charge in [-0.3, -0.25) is 4.79 Å². The van der Waals surface area contributed by atoms with Gasteiger partial charge in [-0.1, -0.05) is 12.1 Å². The lowest BCUT2D eigenvalue weighted by molar-refractivity contribution is -0.117. The Bertz CT molecular complexity index is 681. The second-order valence-corrected chi connectivity index (χ2v) is 6.63. The fourth-order valence-electron chi connectivity index (χ4n) is 2.81. The highest BCUT2D eigenvalue weighted by Gasteiger charge is 2.45. The maximum absolute atomic E-state index is 12.4. The second kappa shape index (κ2) is 8.32. The summed E-state index contributed by atoms with van der Waals surface area (Å²) < 4.78 is 16.4. The average Bonchev–Trinajstić information content (AvgIpc) is 3.20. The van der Waals surface area contributed by atoms with Gasteiger partial charge in [0.2, 0.25) is 5.91 Å². The molecule has 1 aromatic carbocycles. The SMILES string of the molecule is CC(C)OCCOCc1cccc(NC(=O)C2CC2c2ccco2)c1. The summed E-state index contributed by atoms with van der Waals surface area (Å²) in [5.74, 6) is 1.15. The van der Waals surface area contributed by atoms with Gasteiger partial charge in [0.15, 0.2) is 0 Å². The summed E-state index contributed by atoms with van der Waals surface area (Å²) in [5.41, 5.74) is 1.83. The molecule has 2 atom stereocenters. The van der Waals surface area contributed by atoms with E-state index in [1.54, 1.807) is 6.26 Å². The van der Waals surface area contributed by atoms with Crippen LogP contribution < -0.4 is 5.32 Å². The molecule has 5 nitrogen and oxygen atoms in total. The van der Waals surface area contributed by atoms with Crippen LogP contribution in [-0.2, 0) is 20.9 Å². The van der Waals surface area contributed by atoms with Crippen LogP contribution in [-0.4, -0.2) is 25.2 Å². The number of nitrogens with one attached hydrogen (secondary N) is 1. The van der Waals surface area contributed by atoms with E-state index < -0.39 is 0 Å². The highest BCUT2D eigenvalue weighted by Crippen LogP contribution is 2.48. The van der Waals surface area contributed by atoms with Gasteiger partial charge >= 0.3 is 0 Å². The topological polar surface area (TPSA) is 60.7 Å². The third kappa shape index (κ3) is 5.18. The van der Waals surface area contributed by atoms with Gasteiger partial charge in [-0.2, -0.15) is 0 Å².